The molecule has 0 bridgehead atoms. The highest BCUT2D eigenvalue weighted by atomic mass is 35.5. The van der Waals surface area contributed by atoms with Crippen molar-refractivity contribution < 1.29 is 4.79 Å². The second kappa shape index (κ2) is 6.63. The predicted octanol–water partition coefficient (Wildman–Crippen LogP) is 4.35. The van der Waals surface area contributed by atoms with Crippen molar-refractivity contribution in [2.24, 2.45) is 0 Å². The highest BCUT2D eigenvalue weighted by molar-refractivity contribution is 6.33. The Morgan fingerprint density at radius 1 is 1.26 bits per heavy atom. The van der Waals surface area contributed by atoms with E-state index in [-0.39, 0.29) is 12.5 Å². The van der Waals surface area contributed by atoms with Gasteiger partial charge in [-0.05, 0) is 55.5 Å². The number of fused-ring (bicyclic) bond motifs is 1. The Kier molecular flexibility index (Phi) is 4.58. The van der Waals surface area contributed by atoms with E-state index in [9.17, 15) is 4.79 Å². The molecule has 1 N–H and O–H groups in total. The molecule has 0 radical (unpaired) electrons. The predicted molar refractivity (Wildman–Crippen MR) is 96.5 cm³/mol. The molecule has 0 spiro atoms. The molecule has 1 aliphatic rings. The van der Waals surface area contributed by atoms with Crippen LogP contribution in [0.5, 0.6) is 0 Å². The van der Waals surface area contributed by atoms with Crippen LogP contribution in [0, 0.1) is 13.8 Å². The largest absolute Gasteiger partial charge is 0.375 e. The maximum Gasteiger partial charge on any atom is 0.246 e. The maximum atomic E-state index is 12.6. The minimum Gasteiger partial charge on any atom is -0.375 e. The molecule has 0 aliphatic carbocycles. The van der Waals surface area contributed by atoms with Gasteiger partial charge in [0.1, 0.15) is 0 Å². The third kappa shape index (κ3) is 3.35. The van der Waals surface area contributed by atoms with Crippen molar-refractivity contribution in [2.45, 2.75) is 26.7 Å². The van der Waals surface area contributed by atoms with Crippen molar-refractivity contribution in [3.8, 4) is 0 Å². The van der Waals surface area contributed by atoms with E-state index in [0.29, 0.717) is 5.02 Å². The number of para-hydroxylation sites is 1. The van der Waals surface area contributed by atoms with Gasteiger partial charge in [0.15, 0.2) is 0 Å². The van der Waals surface area contributed by atoms with Crippen molar-refractivity contribution in [1.29, 1.82) is 0 Å². The number of halogens is 1. The summed E-state index contributed by atoms with van der Waals surface area (Å²) in [6.45, 7) is 5.04. The zero-order valence-corrected chi connectivity index (χ0v) is 14.3. The van der Waals surface area contributed by atoms with Gasteiger partial charge in [-0.2, -0.15) is 0 Å². The second-order valence-corrected chi connectivity index (χ2v) is 6.48. The summed E-state index contributed by atoms with van der Waals surface area (Å²) in [7, 11) is 0. The van der Waals surface area contributed by atoms with Crippen molar-refractivity contribution >= 4 is 28.9 Å². The van der Waals surface area contributed by atoms with Crippen LogP contribution in [0.1, 0.15) is 23.1 Å². The Labute approximate surface area is 142 Å². The average molecular weight is 329 g/mol. The first-order valence-corrected chi connectivity index (χ1v) is 8.33. The fraction of sp³-hybridized carbons (Fsp3) is 0.316. The normalized spacial score (nSPS) is 13.6. The van der Waals surface area contributed by atoms with E-state index >= 15 is 0 Å². The number of carbonyl (C=O) groups excluding carboxylic acids is 1. The summed E-state index contributed by atoms with van der Waals surface area (Å²) in [4.78, 5) is 14.5. The number of hydrogen-bond donors (Lipinski definition) is 1. The van der Waals surface area contributed by atoms with Gasteiger partial charge >= 0.3 is 0 Å². The lowest BCUT2D eigenvalue weighted by atomic mass is 10.0. The van der Waals surface area contributed by atoms with Crippen LogP contribution in [0.15, 0.2) is 36.4 Å². The van der Waals surface area contributed by atoms with Gasteiger partial charge in [-0.3, -0.25) is 4.79 Å². The Morgan fingerprint density at radius 3 is 2.83 bits per heavy atom. The third-order valence-electron chi connectivity index (χ3n) is 4.26. The molecule has 3 rings (SSSR count). The first-order valence-electron chi connectivity index (χ1n) is 7.95. The van der Waals surface area contributed by atoms with Crippen LogP contribution in [0.4, 0.5) is 11.4 Å². The third-order valence-corrected chi connectivity index (χ3v) is 4.56. The summed E-state index contributed by atoms with van der Waals surface area (Å²) in [6, 6.07) is 12.1. The molecule has 0 fully saturated rings. The SMILES string of the molecule is Cc1cc(C)c(NCC(=O)N2CCCc3ccccc32)c(Cl)c1. The van der Waals surface area contributed by atoms with Crippen molar-refractivity contribution in [1.82, 2.24) is 0 Å². The van der Waals surface area contributed by atoms with E-state index in [1.54, 1.807) is 0 Å². The minimum absolute atomic E-state index is 0.0770. The number of aryl methyl sites for hydroxylation is 3. The number of rotatable bonds is 3. The molecule has 23 heavy (non-hydrogen) atoms. The van der Waals surface area contributed by atoms with Gasteiger partial charge in [0, 0.05) is 12.2 Å². The lowest BCUT2D eigenvalue weighted by molar-refractivity contribution is -0.117. The topological polar surface area (TPSA) is 32.3 Å². The van der Waals surface area contributed by atoms with Gasteiger partial charge < -0.3 is 10.2 Å². The van der Waals surface area contributed by atoms with E-state index in [4.69, 9.17) is 11.6 Å². The van der Waals surface area contributed by atoms with Crippen LogP contribution in [0.2, 0.25) is 5.02 Å². The van der Waals surface area contributed by atoms with Crippen LogP contribution in [0.25, 0.3) is 0 Å². The molecule has 0 saturated carbocycles. The summed E-state index contributed by atoms with van der Waals surface area (Å²) in [5.41, 5.74) is 5.31. The molecule has 0 atom stereocenters. The lowest BCUT2D eigenvalue weighted by Gasteiger charge is -2.29. The number of benzene rings is 2. The van der Waals surface area contributed by atoms with E-state index in [0.717, 1.165) is 41.9 Å². The Morgan fingerprint density at radius 2 is 2.04 bits per heavy atom. The molecular formula is C19H21ClN2O. The highest BCUT2D eigenvalue weighted by Gasteiger charge is 2.22. The van der Waals surface area contributed by atoms with Crippen LogP contribution < -0.4 is 10.2 Å². The van der Waals surface area contributed by atoms with Crippen LogP contribution in [-0.4, -0.2) is 19.0 Å². The van der Waals surface area contributed by atoms with Crippen molar-refractivity contribution in [2.75, 3.05) is 23.3 Å². The smallest absolute Gasteiger partial charge is 0.246 e. The fourth-order valence-corrected chi connectivity index (χ4v) is 3.58. The number of nitrogens with one attached hydrogen (secondary N) is 1. The summed E-state index contributed by atoms with van der Waals surface area (Å²) in [5.74, 6) is 0.0770. The van der Waals surface area contributed by atoms with Crippen molar-refractivity contribution in [3.63, 3.8) is 0 Å². The quantitative estimate of drug-likeness (QED) is 0.908. The Balaban J connectivity index is 1.74. The number of nitrogens with zero attached hydrogens (tertiary/aromatic N) is 1. The molecule has 0 aromatic heterocycles. The van der Waals surface area contributed by atoms with Gasteiger partial charge in [-0.1, -0.05) is 35.9 Å². The molecule has 2 aromatic carbocycles. The molecule has 0 saturated heterocycles. The number of anilines is 2. The Hall–Kier alpha value is -2.00. The summed E-state index contributed by atoms with van der Waals surface area (Å²) >= 11 is 6.30. The van der Waals surface area contributed by atoms with Gasteiger partial charge in [-0.15, -0.1) is 0 Å². The fourth-order valence-electron chi connectivity index (χ4n) is 3.19. The molecule has 1 aliphatic heterocycles. The first kappa shape index (κ1) is 15.9. The van der Waals surface area contributed by atoms with E-state index in [2.05, 4.69) is 17.4 Å². The van der Waals surface area contributed by atoms with E-state index in [1.807, 2.05) is 43.0 Å². The van der Waals surface area contributed by atoms with Crippen molar-refractivity contribution in [3.05, 3.63) is 58.1 Å². The highest BCUT2D eigenvalue weighted by Crippen LogP contribution is 2.29. The molecule has 3 nitrogen and oxygen atoms in total. The zero-order valence-electron chi connectivity index (χ0n) is 13.5. The van der Waals surface area contributed by atoms with Gasteiger partial charge in [0.05, 0.1) is 17.3 Å². The van der Waals surface area contributed by atoms with Gasteiger partial charge in [0.25, 0.3) is 0 Å². The molecule has 0 unspecified atom stereocenters. The van der Waals surface area contributed by atoms with Crippen LogP contribution in [0.3, 0.4) is 0 Å². The average Bonchev–Trinajstić information content (AvgIpc) is 2.53. The Bertz CT molecular complexity index is 719. The minimum atomic E-state index is 0.0770. The monoisotopic (exact) mass is 328 g/mol. The number of amides is 1. The molecule has 2 aromatic rings. The second-order valence-electron chi connectivity index (χ2n) is 6.07. The van der Waals surface area contributed by atoms with E-state index < -0.39 is 0 Å². The molecule has 1 heterocycles. The maximum absolute atomic E-state index is 12.6. The van der Waals surface area contributed by atoms with Crippen LogP contribution in [-0.2, 0) is 11.2 Å². The van der Waals surface area contributed by atoms with Gasteiger partial charge in [0.2, 0.25) is 5.91 Å². The van der Waals surface area contributed by atoms with Crippen LogP contribution >= 0.6 is 11.6 Å². The summed E-state index contributed by atoms with van der Waals surface area (Å²) in [5, 5.41) is 3.87. The summed E-state index contributed by atoms with van der Waals surface area (Å²) < 4.78 is 0. The first-order chi connectivity index (χ1) is 11.1. The molecule has 1 amide bonds. The zero-order chi connectivity index (χ0) is 16.4. The number of carbonyl (C=O) groups is 1. The van der Waals surface area contributed by atoms with E-state index in [1.165, 1.54) is 5.56 Å². The van der Waals surface area contributed by atoms with Gasteiger partial charge in [-0.25, -0.2) is 0 Å². The number of hydrogen-bond acceptors (Lipinski definition) is 2. The molecular weight excluding hydrogens is 308 g/mol. The molecule has 120 valence electrons. The standard InChI is InChI=1S/C19H21ClN2O/c1-13-10-14(2)19(16(20)11-13)21-12-18(23)22-9-5-7-15-6-3-4-8-17(15)22/h3-4,6,8,10-11,21H,5,7,9,12H2,1-2H3. The molecule has 4 heteroatoms. The summed E-state index contributed by atoms with van der Waals surface area (Å²) in [6.07, 6.45) is 2.04. The lowest BCUT2D eigenvalue weighted by Crippen LogP contribution is -2.39.